The molecule has 4 aliphatic rings. The van der Waals surface area contributed by atoms with E-state index in [1.807, 2.05) is 37.3 Å². The van der Waals surface area contributed by atoms with Crippen molar-refractivity contribution in [2.75, 3.05) is 24.6 Å². The molecule has 11 heteroatoms. The summed E-state index contributed by atoms with van der Waals surface area (Å²) in [5.74, 6) is 0.139. The maximum atomic E-state index is 13.4. The Balaban J connectivity index is 1.37. The first-order valence-electron chi connectivity index (χ1n) is 16.6. The summed E-state index contributed by atoms with van der Waals surface area (Å²) in [6.07, 6.45) is 9.57. The van der Waals surface area contributed by atoms with Crippen molar-refractivity contribution in [2.24, 2.45) is 11.8 Å². The van der Waals surface area contributed by atoms with Gasteiger partial charge in [0.25, 0.3) is 5.91 Å². The third kappa shape index (κ3) is 7.39. The molecule has 0 spiro atoms. The first-order chi connectivity index (χ1) is 22.2. The van der Waals surface area contributed by atoms with E-state index in [4.69, 9.17) is 25.8 Å². The van der Waals surface area contributed by atoms with E-state index in [1.165, 1.54) is 0 Å². The van der Waals surface area contributed by atoms with Crippen LogP contribution in [0, 0.1) is 11.8 Å². The summed E-state index contributed by atoms with van der Waals surface area (Å²) in [4.78, 5) is 28.1. The van der Waals surface area contributed by atoms with Crippen LogP contribution in [0.1, 0.15) is 79.8 Å². The standard InChI is InChI=1S/C35H43ClN2O7S/c1-2-28-8-3-4-9-31(45-33-16-18-43-35(33)40)29-14-11-25(29)21-38-17-6-5-7-23-19-27(36)13-10-26(23)22-44-32-15-12-24(20-30(32)38)34(39)37-46(28,41)42/h4,9-10,12-13,15,19-20,25,28-29,31,33H,2-3,5-8,11,14,16-18,21-22H2,1H3,(H,37,39)/b9-4+/t25-,28+,29+,31-,33+/m0/s1. The molecule has 9 nitrogen and oxygen atoms in total. The van der Waals surface area contributed by atoms with Gasteiger partial charge >= 0.3 is 5.97 Å². The van der Waals surface area contributed by atoms with Gasteiger partial charge in [0.05, 0.1) is 23.6 Å². The molecule has 46 heavy (non-hydrogen) atoms. The van der Waals surface area contributed by atoms with Gasteiger partial charge in [-0.25, -0.2) is 17.9 Å². The Morgan fingerprint density at radius 2 is 1.89 bits per heavy atom. The zero-order chi connectivity index (χ0) is 32.3. The van der Waals surface area contributed by atoms with Crippen LogP contribution in [0.25, 0.3) is 0 Å². The van der Waals surface area contributed by atoms with Crippen LogP contribution in [0.4, 0.5) is 5.69 Å². The number of esters is 1. The third-order valence-electron chi connectivity index (χ3n) is 9.91. The smallest absolute Gasteiger partial charge is 0.335 e. The average Bonchev–Trinajstić information content (AvgIpc) is 3.41. The molecule has 0 unspecified atom stereocenters. The highest BCUT2D eigenvalue weighted by Gasteiger charge is 2.41. The van der Waals surface area contributed by atoms with Gasteiger partial charge in [-0.3, -0.25) is 4.79 Å². The lowest BCUT2D eigenvalue weighted by Crippen LogP contribution is -2.45. The SMILES string of the molecule is CC[C@@H]1CC/C=C/[C@H](O[C@@H]2CCOC2=O)[C@@H]2CC[C@H]2CN2CCCCc3cc(Cl)ccc3COc3ccc(cc32)C(=O)NS1(=O)=O. The number of aryl methyl sites for hydroxylation is 1. The summed E-state index contributed by atoms with van der Waals surface area (Å²) in [5.41, 5.74) is 3.26. The molecular formula is C35H43ClN2O7S. The molecule has 2 aromatic carbocycles. The number of fused-ring (bicyclic) bond motifs is 3. The van der Waals surface area contributed by atoms with Crippen molar-refractivity contribution in [1.82, 2.24) is 4.72 Å². The summed E-state index contributed by atoms with van der Waals surface area (Å²) < 4.78 is 47.1. The van der Waals surface area contributed by atoms with E-state index in [2.05, 4.69) is 9.62 Å². The quantitative estimate of drug-likeness (QED) is 0.314. The lowest BCUT2D eigenvalue weighted by Gasteiger charge is -2.44. The molecule has 1 saturated heterocycles. The molecule has 1 N–H and O–H groups in total. The zero-order valence-corrected chi connectivity index (χ0v) is 27.9. The Kier molecular flexibility index (Phi) is 10.3. The number of ether oxygens (including phenoxy) is 3. The highest BCUT2D eigenvalue weighted by molar-refractivity contribution is 7.90. The second-order valence-corrected chi connectivity index (χ2v) is 15.2. The molecule has 2 aromatic rings. The van der Waals surface area contributed by atoms with Crippen LogP contribution in [0.5, 0.6) is 5.75 Å². The Bertz CT molecular complexity index is 1580. The average molecular weight is 671 g/mol. The number of carbonyl (C=O) groups is 2. The van der Waals surface area contributed by atoms with Gasteiger partial charge in [0.15, 0.2) is 6.10 Å². The van der Waals surface area contributed by atoms with Crippen LogP contribution in [0.15, 0.2) is 48.6 Å². The Morgan fingerprint density at radius 1 is 1.02 bits per heavy atom. The Morgan fingerprint density at radius 3 is 2.65 bits per heavy atom. The van der Waals surface area contributed by atoms with E-state index in [-0.39, 0.29) is 29.5 Å². The fourth-order valence-corrected chi connectivity index (χ4v) is 8.68. The van der Waals surface area contributed by atoms with Gasteiger partial charge in [0, 0.05) is 30.1 Å². The summed E-state index contributed by atoms with van der Waals surface area (Å²) >= 11 is 6.34. The molecule has 3 heterocycles. The van der Waals surface area contributed by atoms with E-state index in [1.54, 1.807) is 18.2 Å². The molecule has 3 aliphatic heterocycles. The number of anilines is 1. The van der Waals surface area contributed by atoms with E-state index in [9.17, 15) is 18.0 Å². The highest BCUT2D eigenvalue weighted by atomic mass is 35.5. The minimum Gasteiger partial charge on any atom is -0.487 e. The normalized spacial score (nSPS) is 29.1. The van der Waals surface area contributed by atoms with Crippen molar-refractivity contribution in [1.29, 1.82) is 0 Å². The van der Waals surface area contributed by atoms with Crippen LogP contribution in [-0.4, -0.2) is 57.4 Å². The van der Waals surface area contributed by atoms with E-state index in [0.29, 0.717) is 56.2 Å². The molecule has 0 aromatic heterocycles. The first-order valence-corrected chi connectivity index (χ1v) is 18.5. The summed E-state index contributed by atoms with van der Waals surface area (Å²) in [7, 11) is -3.93. The van der Waals surface area contributed by atoms with Crippen LogP contribution in [0.2, 0.25) is 5.02 Å². The minimum absolute atomic E-state index is 0.184. The van der Waals surface area contributed by atoms with Crippen LogP contribution in [0.3, 0.4) is 0 Å². The number of rotatable bonds is 3. The first kappa shape index (κ1) is 32.8. The number of halogens is 1. The molecule has 248 valence electrons. The zero-order valence-electron chi connectivity index (χ0n) is 26.3. The van der Waals surface area contributed by atoms with Crippen LogP contribution in [-0.2, 0) is 37.3 Å². The number of allylic oxidation sites excluding steroid dienone is 1. The number of hydrogen-bond donors (Lipinski definition) is 1. The molecule has 6 rings (SSSR count). The number of sulfonamides is 1. The van der Waals surface area contributed by atoms with Crippen molar-refractivity contribution >= 4 is 39.2 Å². The van der Waals surface area contributed by atoms with Gasteiger partial charge in [-0.15, -0.1) is 0 Å². The Hall–Kier alpha value is -3.08. The largest absolute Gasteiger partial charge is 0.487 e. The maximum absolute atomic E-state index is 13.4. The van der Waals surface area contributed by atoms with Crippen molar-refractivity contribution in [3.05, 3.63) is 70.3 Å². The van der Waals surface area contributed by atoms with Crippen molar-refractivity contribution in [3.8, 4) is 5.75 Å². The molecule has 1 saturated carbocycles. The van der Waals surface area contributed by atoms with Gasteiger partial charge in [0.1, 0.15) is 12.4 Å². The summed E-state index contributed by atoms with van der Waals surface area (Å²) in [6, 6.07) is 11.1. The molecule has 2 bridgehead atoms. The van der Waals surface area contributed by atoms with E-state index < -0.39 is 27.3 Å². The number of cyclic esters (lactones) is 1. The monoisotopic (exact) mass is 670 g/mol. The van der Waals surface area contributed by atoms with Crippen molar-refractivity contribution in [2.45, 2.75) is 88.8 Å². The van der Waals surface area contributed by atoms with Gasteiger partial charge in [-0.05, 0) is 105 Å². The number of carbonyl (C=O) groups excluding carboxylic acids is 2. The number of nitrogens with one attached hydrogen (secondary N) is 1. The molecular weight excluding hydrogens is 628 g/mol. The molecule has 1 amide bonds. The topological polar surface area (TPSA) is 111 Å². The van der Waals surface area contributed by atoms with Crippen molar-refractivity contribution < 1.29 is 32.2 Å². The molecule has 0 radical (unpaired) electrons. The predicted molar refractivity (Wildman–Crippen MR) is 177 cm³/mol. The number of amides is 1. The Labute approximate surface area is 276 Å². The van der Waals surface area contributed by atoms with Gasteiger partial charge in [-0.1, -0.05) is 36.7 Å². The van der Waals surface area contributed by atoms with Gasteiger partial charge in [0.2, 0.25) is 10.0 Å². The number of nitrogens with zero attached hydrogens (tertiary/aromatic N) is 1. The van der Waals surface area contributed by atoms with Crippen molar-refractivity contribution in [3.63, 3.8) is 0 Å². The van der Waals surface area contributed by atoms with Gasteiger partial charge in [-0.2, -0.15) is 0 Å². The molecule has 5 atom stereocenters. The van der Waals surface area contributed by atoms with Crippen LogP contribution < -0.4 is 14.4 Å². The minimum atomic E-state index is -3.93. The van der Waals surface area contributed by atoms with Gasteiger partial charge < -0.3 is 19.1 Å². The second-order valence-electron chi connectivity index (χ2n) is 12.8. The van der Waals surface area contributed by atoms with Crippen LogP contribution >= 0.6 is 11.6 Å². The summed E-state index contributed by atoms with van der Waals surface area (Å²) in [5, 5.41) is -0.0355. The van der Waals surface area contributed by atoms with E-state index in [0.717, 1.165) is 55.5 Å². The summed E-state index contributed by atoms with van der Waals surface area (Å²) in [6.45, 7) is 3.96. The maximum Gasteiger partial charge on any atom is 0.335 e. The predicted octanol–water partition coefficient (Wildman–Crippen LogP) is 5.98. The molecule has 1 aliphatic carbocycles. The second kappa shape index (κ2) is 14.4. The number of benzene rings is 2. The number of hydrogen-bond acceptors (Lipinski definition) is 8. The van der Waals surface area contributed by atoms with E-state index >= 15 is 0 Å². The third-order valence-corrected chi connectivity index (χ3v) is 12.1. The molecule has 2 fully saturated rings. The fraction of sp³-hybridized carbons (Fsp3) is 0.543. The fourth-order valence-electron chi connectivity index (χ4n) is 7.06. The lowest BCUT2D eigenvalue weighted by atomic mass is 9.70. The highest BCUT2D eigenvalue weighted by Crippen LogP contribution is 2.42. The lowest BCUT2D eigenvalue weighted by molar-refractivity contribution is -0.152.